The zero-order valence-electron chi connectivity index (χ0n) is 33.8. The van der Waals surface area contributed by atoms with Crippen LogP contribution in [-0.2, 0) is 38.1 Å². The lowest BCUT2D eigenvalue weighted by molar-refractivity contribution is -0.295. The zero-order chi connectivity index (χ0) is 42.1. The second kappa shape index (κ2) is 16.7. The summed E-state index contributed by atoms with van der Waals surface area (Å²) in [6.45, 7) is 15.0. The van der Waals surface area contributed by atoms with Gasteiger partial charge in [-0.3, -0.25) is 9.59 Å². The molecular formula is C41H57NO14. The van der Waals surface area contributed by atoms with E-state index in [0.717, 1.165) is 6.92 Å². The fourth-order valence-electron chi connectivity index (χ4n) is 8.25. The predicted octanol–water partition coefficient (Wildman–Crippen LogP) is 4.02. The molecule has 0 spiro atoms. The maximum absolute atomic E-state index is 14.5. The minimum atomic E-state index is -2.33. The second-order valence-corrected chi connectivity index (χ2v) is 17.0. The van der Waals surface area contributed by atoms with Crippen LogP contribution < -0.4 is 5.32 Å². The van der Waals surface area contributed by atoms with E-state index < -0.39 is 107 Å². The Bertz CT molecular complexity index is 1740. The predicted molar refractivity (Wildman–Crippen MR) is 200 cm³/mol. The third kappa shape index (κ3) is 8.65. The van der Waals surface area contributed by atoms with E-state index in [-0.39, 0.29) is 47.6 Å². The van der Waals surface area contributed by atoms with E-state index in [1.54, 1.807) is 39.0 Å². The van der Waals surface area contributed by atoms with Gasteiger partial charge in [-0.05, 0) is 70.2 Å². The average Bonchev–Trinajstić information content (AvgIpc) is 3.09. The molecule has 1 fully saturated rings. The molecule has 1 unspecified atom stereocenters. The Morgan fingerprint density at radius 3 is 2.18 bits per heavy atom. The molecule has 2 aliphatic carbocycles. The Kier molecular flexibility index (Phi) is 13.2. The first kappa shape index (κ1) is 44.4. The van der Waals surface area contributed by atoms with Crippen molar-refractivity contribution in [3.8, 4) is 0 Å². The monoisotopic (exact) mass is 787 g/mol. The van der Waals surface area contributed by atoms with Crippen LogP contribution >= 0.6 is 0 Å². The molecule has 310 valence electrons. The van der Waals surface area contributed by atoms with Crippen molar-refractivity contribution >= 4 is 29.8 Å². The van der Waals surface area contributed by atoms with E-state index in [9.17, 15) is 44.4 Å². The number of hydrogen-bond donors (Lipinski definition) is 5. The molecule has 1 saturated heterocycles. The molecule has 15 heteroatoms. The van der Waals surface area contributed by atoms with Gasteiger partial charge in [0.05, 0.1) is 24.1 Å². The molecule has 5 N–H and O–H groups in total. The van der Waals surface area contributed by atoms with Crippen molar-refractivity contribution in [1.29, 1.82) is 0 Å². The number of nitrogens with one attached hydrogen (secondary N) is 1. The van der Waals surface area contributed by atoms with Gasteiger partial charge in [0.2, 0.25) is 5.78 Å². The quantitative estimate of drug-likeness (QED) is 0.149. The first-order chi connectivity index (χ1) is 25.9. The largest absolute Gasteiger partial charge is 0.504 e. The lowest BCUT2D eigenvalue weighted by atomic mass is 9.53. The minimum absolute atomic E-state index is 0.0653. The van der Waals surface area contributed by atoms with Crippen molar-refractivity contribution in [3.05, 3.63) is 58.4 Å². The Balaban J connectivity index is 1.90. The lowest BCUT2D eigenvalue weighted by Crippen LogP contribution is -2.73. The molecule has 1 aromatic carbocycles. The standard InChI is InChI=1S/C41H57NO14/c1-21(2)18-26(42-37(50)56-38(6,7)8)32(46)36(49)53-27-19-41(51)34(54-35(48)25-14-12-11-13-15-25)30(40(55-24(5)44)20-52-28(40)16-17-43)23(4)31(45)33(47)29(22(27)3)39(41,9)10/h11-15,21,26-28,30,32,34,43,45-46,51H,16-20H2,1-10H3,(H,42,50)/b31-23+/t26-,27-,28+,30?,32+,34-,40-,41+/m0/s1. The van der Waals surface area contributed by atoms with Crippen LogP contribution in [-0.4, -0.2) is 111 Å². The Labute approximate surface area is 327 Å². The summed E-state index contributed by atoms with van der Waals surface area (Å²) in [7, 11) is 0. The maximum Gasteiger partial charge on any atom is 0.407 e. The average molecular weight is 788 g/mol. The first-order valence-corrected chi connectivity index (χ1v) is 18.9. The SMILES string of the molecule is CC(=O)O[C@@]1(C2/C(C)=C(/O)C(=O)C3=C(C)[C@@H](OC(=O)[C@H](O)[C@H](CC(C)C)NC(=O)OC(C)(C)C)C[C@@](O)([C@H]2OC(=O)c2ccccc2)C3(C)C)CO[C@@H]1CCO. The van der Waals surface area contributed by atoms with Crippen LogP contribution in [0.2, 0.25) is 0 Å². The zero-order valence-corrected chi connectivity index (χ0v) is 33.8. The van der Waals surface area contributed by atoms with Gasteiger partial charge in [-0.2, -0.15) is 0 Å². The summed E-state index contributed by atoms with van der Waals surface area (Å²) in [6.07, 6.45) is -7.44. The molecule has 1 heterocycles. The van der Waals surface area contributed by atoms with Crippen LogP contribution in [0, 0.1) is 17.3 Å². The summed E-state index contributed by atoms with van der Waals surface area (Å²) in [4.78, 5) is 67.8. The summed E-state index contributed by atoms with van der Waals surface area (Å²) in [6, 6.07) is 6.71. The van der Waals surface area contributed by atoms with Crippen LogP contribution in [0.4, 0.5) is 4.79 Å². The van der Waals surface area contributed by atoms with Gasteiger partial charge in [-0.1, -0.05) is 45.9 Å². The summed E-state index contributed by atoms with van der Waals surface area (Å²) in [5.41, 5.74) is -6.61. The van der Waals surface area contributed by atoms with Crippen LogP contribution in [0.15, 0.2) is 52.8 Å². The van der Waals surface area contributed by atoms with Gasteiger partial charge in [0.25, 0.3) is 0 Å². The van der Waals surface area contributed by atoms with Gasteiger partial charge in [-0.15, -0.1) is 0 Å². The van der Waals surface area contributed by atoms with Crippen LogP contribution in [0.3, 0.4) is 0 Å². The number of ether oxygens (including phenoxy) is 5. The van der Waals surface area contributed by atoms with E-state index >= 15 is 0 Å². The number of alkyl carbamates (subject to hydrolysis) is 1. The van der Waals surface area contributed by atoms with E-state index in [1.165, 1.54) is 39.8 Å². The number of Topliss-reactive ketones (excluding diaryl/α,β-unsaturated/α-hetero) is 1. The molecule has 1 aromatic rings. The molecule has 3 aliphatic rings. The van der Waals surface area contributed by atoms with E-state index in [0.29, 0.717) is 0 Å². The van der Waals surface area contributed by atoms with Gasteiger partial charge >= 0.3 is 24.0 Å². The molecule has 56 heavy (non-hydrogen) atoms. The minimum Gasteiger partial charge on any atom is -0.504 e. The van der Waals surface area contributed by atoms with Crippen molar-refractivity contribution < 1.29 is 68.1 Å². The molecule has 0 aromatic heterocycles. The molecule has 0 saturated carbocycles. The van der Waals surface area contributed by atoms with Crippen molar-refractivity contribution in [2.24, 2.45) is 17.3 Å². The first-order valence-electron chi connectivity index (χ1n) is 18.9. The van der Waals surface area contributed by atoms with Crippen LogP contribution in [0.1, 0.15) is 98.9 Å². The van der Waals surface area contributed by atoms with Crippen molar-refractivity contribution in [3.63, 3.8) is 0 Å². The topological polar surface area (TPSA) is 224 Å². The molecule has 1 aliphatic heterocycles. The molecular weight excluding hydrogens is 730 g/mol. The fraction of sp³-hybridized carbons (Fsp3) is 0.634. The maximum atomic E-state index is 14.5. The third-order valence-electron chi connectivity index (χ3n) is 11.0. The summed E-state index contributed by atoms with van der Waals surface area (Å²) in [5, 5.41) is 48.9. The smallest absolute Gasteiger partial charge is 0.407 e. The van der Waals surface area contributed by atoms with Crippen molar-refractivity contribution in [2.75, 3.05) is 13.2 Å². The third-order valence-corrected chi connectivity index (χ3v) is 11.0. The van der Waals surface area contributed by atoms with Crippen molar-refractivity contribution in [1.82, 2.24) is 5.32 Å². The van der Waals surface area contributed by atoms with Crippen molar-refractivity contribution in [2.45, 2.75) is 136 Å². The van der Waals surface area contributed by atoms with E-state index in [2.05, 4.69) is 5.32 Å². The van der Waals surface area contributed by atoms with Gasteiger partial charge in [0.1, 0.15) is 29.5 Å². The summed E-state index contributed by atoms with van der Waals surface area (Å²) in [5.74, 6) is -6.15. The normalized spacial score (nSPS) is 29.9. The Hall–Kier alpha value is -4.31. The number of esters is 3. The van der Waals surface area contributed by atoms with E-state index in [4.69, 9.17) is 23.7 Å². The van der Waals surface area contributed by atoms with Gasteiger partial charge in [-0.25, -0.2) is 14.4 Å². The molecule has 4 rings (SSSR count). The summed E-state index contributed by atoms with van der Waals surface area (Å²) >= 11 is 0. The number of amides is 1. The lowest BCUT2D eigenvalue weighted by Gasteiger charge is -2.60. The number of aliphatic hydroxyl groups is 4. The fourth-order valence-corrected chi connectivity index (χ4v) is 8.25. The second-order valence-electron chi connectivity index (χ2n) is 17.0. The number of aliphatic hydroxyl groups excluding tert-OH is 3. The highest BCUT2D eigenvalue weighted by Crippen LogP contribution is 2.58. The molecule has 8 atom stereocenters. The Morgan fingerprint density at radius 1 is 1.04 bits per heavy atom. The number of allylic oxidation sites excluding steroid dienone is 1. The molecule has 0 radical (unpaired) electrons. The number of fused-ring (bicyclic) bond motifs is 2. The Morgan fingerprint density at radius 2 is 1.66 bits per heavy atom. The molecule has 15 nitrogen and oxygen atoms in total. The van der Waals surface area contributed by atoms with Crippen LogP contribution in [0.5, 0.6) is 0 Å². The highest BCUT2D eigenvalue weighted by molar-refractivity contribution is 6.09. The van der Waals surface area contributed by atoms with Gasteiger partial charge < -0.3 is 49.4 Å². The number of rotatable bonds is 12. The number of hydrogen-bond acceptors (Lipinski definition) is 14. The summed E-state index contributed by atoms with van der Waals surface area (Å²) < 4.78 is 29.2. The highest BCUT2D eigenvalue weighted by Gasteiger charge is 2.69. The highest BCUT2D eigenvalue weighted by atomic mass is 16.6. The number of carbonyl (C=O) groups is 5. The van der Waals surface area contributed by atoms with E-state index in [1.807, 2.05) is 13.8 Å². The molecule has 2 bridgehead atoms. The van der Waals surface area contributed by atoms with Gasteiger partial charge in [0, 0.05) is 37.4 Å². The van der Waals surface area contributed by atoms with Crippen LogP contribution in [0.25, 0.3) is 0 Å². The van der Waals surface area contributed by atoms with Gasteiger partial charge in [0.15, 0.2) is 17.5 Å². The number of ketones is 1. The number of benzene rings is 1. The number of carbonyl (C=O) groups excluding carboxylic acids is 5. The molecule has 1 amide bonds.